The predicted molar refractivity (Wildman–Crippen MR) is 98.1 cm³/mol. The van der Waals surface area contributed by atoms with Gasteiger partial charge in [0.1, 0.15) is 0 Å². The van der Waals surface area contributed by atoms with Crippen LogP contribution in [0.25, 0.3) is 0 Å². The van der Waals surface area contributed by atoms with Crippen molar-refractivity contribution in [3.05, 3.63) is 47.5 Å². The molecular weight excluding hydrogens is 300 g/mol. The van der Waals surface area contributed by atoms with Crippen molar-refractivity contribution in [3.8, 4) is 0 Å². The molecule has 0 aromatic heterocycles. The van der Waals surface area contributed by atoms with Crippen LogP contribution in [0.3, 0.4) is 0 Å². The summed E-state index contributed by atoms with van der Waals surface area (Å²) >= 11 is 0. The molecule has 1 saturated heterocycles. The highest BCUT2D eigenvalue weighted by atomic mass is 16.5. The second kappa shape index (κ2) is 9.00. The molecule has 1 aromatic carbocycles. The third-order valence-corrected chi connectivity index (χ3v) is 4.63. The van der Waals surface area contributed by atoms with Gasteiger partial charge in [0.15, 0.2) is 0 Å². The summed E-state index contributed by atoms with van der Waals surface area (Å²) in [6.07, 6.45) is 5.71. The van der Waals surface area contributed by atoms with Crippen LogP contribution in [0.4, 0.5) is 0 Å². The maximum absolute atomic E-state index is 12.4. The third-order valence-electron chi connectivity index (χ3n) is 4.63. The Bertz CT molecular complexity index is 551. The zero-order valence-electron chi connectivity index (χ0n) is 15.4. The quantitative estimate of drug-likeness (QED) is 0.752. The number of benzene rings is 1. The lowest BCUT2D eigenvalue weighted by Crippen LogP contribution is -2.46. The molecule has 0 radical (unpaired) electrons. The molecule has 2 rings (SSSR count). The minimum atomic E-state index is 0.111. The summed E-state index contributed by atoms with van der Waals surface area (Å²) in [7, 11) is 5.77. The molecule has 0 bridgehead atoms. The number of carbonyl (C=O) groups excluding carboxylic acids is 1. The van der Waals surface area contributed by atoms with Crippen molar-refractivity contribution in [1.29, 1.82) is 0 Å². The van der Waals surface area contributed by atoms with E-state index in [-0.39, 0.29) is 12.0 Å². The first-order chi connectivity index (χ1) is 11.5. The van der Waals surface area contributed by atoms with Crippen molar-refractivity contribution in [2.24, 2.45) is 5.92 Å². The van der Waals surface area contributed by atoms with Crippen LogP contribution < -0.4 is 0 Å². The molecule has 1 amide bonds. The van der Waals surface area contributed by atoms with Crippen LogP contribution in [0.5, 0.6) is 0 Å². The van der Waals surface area contributed by atoms with Gasteiger partial charge in [0.25, 0.3) is 0 Å². The number of hydrogen-bond donors (Lipinski definition) is 0. The number of amides is 1. The number of likely N-dealkylation sites (tertiary alicyclic amines) is 1. The first-order valence-electron chi connectivity index (χ1n) is 8.68. The predicted octanol–water partition coefficient (Wildman–Crippen LogP) is 2.52. The molecule has 4 nitrogen and oxygen atoms in total. The molecule has 1 aliphatic heterocycles. The number of rotatable bonds is 6. The fraction of sp³-hybridized carbons (Fsp3) is 0.550. The summed E-state index contributed by atoms with van der Waals surface area (Å²) in [4.78, 5) is 16.4. The van der Waals surface area contributed by atoms with Crippen LogP contribution in [0.15, 0.2) is 36.4 Å². The van der Waals surface area contributed by atoms with Gasteiger partial charge in [-0.05, 0) is 39.4 Å². The average Bonchev–Trinajstić information content (AvgIpc) is 2.56. The van der Waals surface area contributed by atoms with Crippen molar-refractivity contribution < 1.29 is 9.53 Å². The van der Waals surface area contributed by atoms with E-state index in [0.29, 0.717) is 5.92 Å². The number of ether oxygens (including phenoxy) is 1. The molecule has 1 heterocycles. The number of carbonyl (C=O) groups is 1. The normalized spacial score (nSPS) is 21.6. The Balaban J connectivity index is 1.98. The van der Waals surface area contributed by atoms with Gasteiger partial charge >= 0.3 is 0 Å². The van der Waals surface area contributed by atoms with E-state index in [9.17, 15) is 4.79 Å². The Morgan fingerprint density at radius 2 is 2.04 bits per heavy atom. The van der Waals surface area contributed by atoms with E-state index >= 15 is 0 Å². The average molecular weight is 330 g/mol. The fourth-order valence-electron chi connectivity index (χ4n) is 3.21. The molecule has 0 N–H and O–H groups in total. The van der Waals surface area contributed by atoms with E-state index in [1.165, 1.54) is 11.1 Å². The number of piperidine rings is 1. The molecule has 1 aliphatic rings. The number of nitrogens with zero attached hydrogens (tertiary/aromatic N) is 2. The molecule has 0 aliphatic carbocycles. The van der Waals surface area contributed by atoms with Crippen LogP contribution in [0.1, 0.15) is 17.5 Å². The molecule has 1 aromatic rings. The van der Waals surface area contributed by atoms with Gasteiger partial charge in [-0.2, -0.15) is 0 Å². The SMILES string of the molecule is CO[C@@H]1CCN(C(=O)/C=C/CN(C)C)C[C@H]1Cc1ccc(C)cc1. The fourth-order valence-corrected chi connectivity index (χ4v) is 3.21. The number of likely N-dealkylation sites (N-methyl/N-ethyl adjacent to an activating group) is 1. The molecule has 2 atom stereocenters. The van der Waals surface area contributed by atoms with E-state index in [1.807, 2.05) is 30.0 Å². The second-order valence-electron chi connectivity index (χ2n) is 6.96. The van der Waals surface area contributed by atoms with Crippen LogP contribution in [0, 0.1) is 12.8 Å². The highest BCUT2D eigenvalue weighted by molar-refractivity contribution is 5.87. The number of hydrogen-bond acceptors (Lipinski definition) is 3. The molecule has 4 heteroatoms. The van der Waals surface area contributed by atoms with Gasteiger partial charge in [0.2, 0.25) is 5.91 Å². The Labute approximate surface area is 146 Å². The largest absolute Gasteiger partial charge is 0.381 e. The summed E-state index contributed by atoms with van der Waals surface area (Å²) < 4.78 is 5.68. The Kier molecular flexibility index (Phi) is 7.00. The summed E-state index contributed by atoms with van der Waals surface area (Å²) in [5.41, 5.74) is 2.58. The Morgan fingerprint density at radius 3 is 2.67 bits per heavy atom. The lowest BCUT2D eigenvalue weighted by molar-refractivity contribution is -0.130. The van der Waals surface area contributed by atoms with Gasteiger partial charge in [-0.25, -0.2) is 0 Å². The van der Waals surface area contributed by atoms with Crippen molar-refractivity contribution in [2.75, 3.05) is 40.8 Å². The summed E-state index contributed by atoms with van der Waals surface area (Å²) in [6, 6.07) is 8.65. The Hall–Kier alpha value is -1.65. The van der Waals surface area contributed by atoms with Gasteiger partial charge in [-0.3, -0.25) is 4.79 Å². The molecule has 0 saturated carbocycles. The van der Waals surface area contributed by atoms with Crippen LogP contribution in [-0.2, 0) is 16.0 Å². The van der Waals surface area contributed by atoms with Crippen LogP contribution >= 0.6 is 0 Å². The van der Waals surface area contributed by atoms with Gasteiger partial charge in [0, 0.05) is 38.7 Å². The van der Waals surface area contributed by atoms with Crippen molar-refractivity contribution in [2.45, 2.75) is 25.9 Å². The molecule has 24 heavy (non-hydrogen) atoms. The molecule has 132 valence electrons. The molecule has 0 unspecified atom stereocenters. The third kappa shape index (κ3) is 5.46. The van der Waals surface area contributed by atoms with Gasteiger partial charge in [0.05, 0.1) is 6.10 Å². The highest BCUT2D eigenvalue weighted by Gasteiger charge is 2.30. The zero-order chi connectivity index (χ0) is 17.5. The van der Waals surface area contributed by atoms with Gasteiger partial charge in [-0.15, -0.1) is 0 Å². The monoisotopic (exact) mass is 330 g/mol. The smallest absolute Gasteiger partial charge is 0.246 e. The van der Waals surface area contributed by atoms with Crippen LogP contribution in [-0.4, -0.2) is 62.7 Å². The van der Waals surface area contributed by atoms with E-state index in [1.54, 1.807) is 13.2 Å². The van der Waals surface area contributed by atoms with Crippen molar-refractivity contribution in [1.82, 2.24) is 9.80 Å². The lowest BCUT2D eigenvalue weighted by Gasteiger charge is -2.37. The van der Waals surface area contributed by atoms with E-state index in [4.69, 9.17) is 4.74 Å². The van der Waals surface area contributed by atoms with E-state index in [0.717, 1.165) is 32.5 Å². The standard InChI is InChI=1S/C20H30N2O2/c1-16-7-9-17(10-8-16)14-18-15-22(13-11-19(18)24-4)20(23)6-5-12-21(2)3/h5-10,18-19H,11-15H2,1-4H3/b6-5+/t18-,19-/m1/s1. The zero-order valence-corrected chi connectivity index (χ0v) is 15.4. The first-order valence-corrected chi connectivity index (χ1v) is 8.68. The maximum Gasteiger partial charge on any atom is 0.246 e. The topological polar surface area (TPSA) is 32.8 Å². The van der Waals surface area contributed by atoms with E-state index in [2.05, 4.69) is 31.2 Å². The highest BCUT2D eigenvalue weighted by Crippen LogP contribution is 2.24. The van der Waals surface area contributed by atoms with E-state index < -0.39 is 0 Å². The lowest BCUT2D eigenvalue weighted by atomic mass is 9.88. The number of aryl methyl sites for hydroxylation is 1. The van der Waals surface area contributed by atoms with Crippen molar-refractivity contribution in [3.63, 3.8) is 0 Å². The molecule has 1 fully saturated rings. The summed E-state index contributed by atoms with van der Waals surface area (Å²) in [5, 5.41) is 0. The summed E-state index contributed by atoms with van der Waals surface area (Å²) in [5.74, 6) is 0.456. The Morgan fingerprint density at radius 1 is 1.33 bits per heavy atom. The van der Waals surface area contributed by atoms with Crippen LogP contribution in [0.2, 0.25) is 0 Å². The maximum atomic E-state index is 12.4. The van der Waals surface area contributed by atoms with Gasteiger partial charge in [-0.1, -0.05) is 35.9 Å². The number of methoxy groups -OCH3 is 1. The molecule has 0 spiro atoms. The first kappa shape index (κ1) is 18.7. The minimum Gasteiger partial charge on any atom is -0.381 e. The van der Waals surface area contributed by atoms with Gasteiger partial charge < -0.3 is 14.5 Å². The van der Waals surface area contributed by atoms with Crippen molar-refractivity contribution >= 4 is 5.91 Å². The molecular formula is C20H30N2O2. The second-order valence-corrected chi connectivity index (χ2v) is 6.96. The summed E-state index contributed by atoms with van der Waals surface area (Å²) in [6.45, 7) is 4.42. The minimum absolute atomic E-state index is 0.111.